The van der Waals surface area contributed by atoms with E-state index in [-0.39, 0.29) is 29.9 Å². The highest BCUT2D eigenvalue weighted by Gasteiger charge is 2.14. The first kappa shape index (κ1) is 22.7. The van der Waals surface area contributed by atoms with Crippen molar-refractivity contribution in [2.45, 2.75) is 52.0 Å². The summed E-state index contributed by atoms with van der Waals surface area (Å²) in [5, 5.41) is 9.35. The van der Waals surface area contributed by atoms with Gasteiger partial charge in [-0.1, -0.05) is 37.8 Å². The lowest BCUT2D eigenvalue weighted by molar-refractivity contribution is 0.0963. The van der Waals surface area contributed by atoms with Gasteiger partial charge < -0.3 is 16.0 Å². The van der Waals surface area contributed by atoms with Crippen LogP contribution in [0.15, 0.2) is 29.3 Å². The van der Waals surface area contributed by atoms with Crippen LogP contribution in [0, 0.1) is 5.92 Å². The second kappa shape index (κ2) is 12.9. The molecule has 0 bridgehead atoms. The Labute approximate surface area is 174 Å². The minimum Gasteiger partial charge on any atom is -0.357 e. The van der Waals surface area contributed by atoms with Gasteiger partial charge in [0, 0.05) is 25.7 Å². The summed E-state index contributed by atoms with van der Waals surface area (Å²) < 4.78 is 0. The molecule has 1 fully saturated rings. The Morgan fingerprint density at radius 1 is 1.15 bits per heavy atom. The maximum atomic E-state index is 11.6. The summed E-state index contributed by atoms with van der Waals surface area (Å²) in [5.41, 5.74) is 1.77. The number of carbonyl (C=O) groups excluding carboxylic acids is 1. The number of guanidine groups is 1. The van der Waals surface area contributed by atoms with Crippen molar-refractivity contribution in [3.8, 4) is 0 Å². The van der Waals surface area contributed by atoms with Gasteiger partial charge in [0.15, 0.2) is 5.96 Å². The lowest BCUT2D eigenvalue weighted by Gasteiger charge is -2.13. The zero-order valence-corrected chi connectivity index (χ0v) is 18.3. The molecule has 5 nitrogen and oxygen atoms in total. The largest absolute Gasteiger partial charge is 0.357 e. The molecule has 146 valence electrons. The number of carbonyl (C=O) groups is 1. The number of nitrogens with one attached hydrogen (secondary N) is 3. The first-order valence-corrected chi connectivity index (χ1v) is 9.56. The number of halogens is 1. The zero-order valence-electron chi connectivity index (χ0n) is 16.0. The smallest absolute Gasteiger partial charge is 0.251 e. The molecular formula is C20H33IN4O. The average molecular weight is 472 g/mol. The number of benzene rings is 1. The van der Waals surface area contributed by atoms with E-state index in [1.807, 2.05) is 24.3 Å². The lowest BCUT2D eigenvalue weighted by Crippen LogP contribution is -2.37. The van der Waals surface area contributed by atoms with Crippen molar-refractivity contribution in [2.75, 3.05) is 20.1 Å². The number of hydrogen-bond acceptors (Lipinski definition) is 2. The zero-order chi connectivity index (χ0) is 17.9. The number of hydrogen-bond donors (Lipinski definition) is 3. The summed E-state index contributed by atoms with van der Waals surface area (Å²) in [4.78, 5) is 16.2. The average Bonchev–Trinajstić information content (AvgIpc) is 3.16. The predicted octanol–water partition coefficient (Wildman–Crippen LogP) is 3.69. The van der Waals surface area contributed by atoms with Gasteiger partial charge in [-0.2, -0.15) is 0 Å². The van der Waals surface area contributed by atoms with Crippen LogP contribution in [0.5, 0.6) is 0 Å². The third-order valence-corrected chi connectivity index (χ3v) is 4.76. The van der Waals surface area contributed by atoms with Crippen LogP contribution in [-0.2, 0) is 6.54 Å². The van der Waals surface area contributed by atoms with E-state index in [2.05, 4.69) is 27.9 Å². The first-order chi connectivity index (χ1) is 12.2. The molecule has 1 aliphatic rings. The fourth-order valence-electron chi connectivity index (χ4n) is 3.31. The SMILES string of the molecule is CCNC(=NCc1ccc(C(=O)NC)cc1)NCCCC1CCCC1.I. The van der Waals surface area contributed by atoms with Crippen molar-refractivity contribution in [3.05, 3.63) is 35.4 Å². The van der Waals surface area contributed by atoms with Crippen molar-refractivity contribution < 1.29 is 4.79 Å². The van der Waals surface area contributed by atoms with Crippen LogP contribution in [0.4, 0.5) is 0 Å². The second-order valence-electron chi connectivity index (χ2n) is 6.69. The molecule has 0 saturated heterocycles. The third kappa shape index (κ3) is 7.93. The molecule has 1 amide bonds. The van der Waals surface area contributed by atoms with Crippen LogP contribution in [0.1, 0.15) is 61.4 Å². The molecule has 0 unspecified atom stereocenters. The van der Waals surface area contributed by atoms with Gasteiger partial charge in [0.1, 0.15) is 0 Å². The minimum atomic E-state index is -0.0627. The maximum Gasteiger partial charge on any atom is 0.251 e. The summed E-state index contributed by atoms with van der Waals surface area (Å²) in [6.07, 6.45) is 8.20. The molecular weight excluding hydrogens is 439 g/mol. The Bertz CT molecular complexity index is 553. The number of amides is 1. The Morgan fingerprint density at radius 3 is 2.46 bits per heavy atom. The van der Waals surface area contributed by atoms with Gasteiger partial charge in [-0.15, -0.1) is 24.0 Å². The molecule has 0 aliphatic heterocycles. The molecule has 0 atom stereocenters. The predicted molar refractivity (Wildman–Crippen MR) is 119 cm³/mol. The minimum absolute atomic E-state index is 0. The van der Waals surface area contributed by atoms with Gasteiger partial charge >= 0.3 is 0 Å². The standard InChI is InChI=1S/C20H32N4O.HI/c1-3-22-20(23-14-6-9-16-7-4-5-8-16)24-15-17-10-12-18(13-11-17)19(25)21-2;/h10-13,16H,3-9,14-15H2,1-2H3,(H,21,25)(H2,22,23,24);1H. The molecule has 26 heavy (non-hydrogen) atoms. The van der Waals surface area contributed by atoms with Crippen molar-refractivity contribution in [1.29, 1.82) is 0 Å². The molecule has 1 saturated carbocycles. The topological polar surface area (TPSA) is 65.5 Å². The van der Waals surface area contributed by atoms with Crippen molar-refractivity contribution in [2.24, 2.45) is 10.9 Å². The van der Waals surface area contributed by atoms with E-state index >= 15 is 0 Å². The van der Waals surface area contributed by atoms with E-state index < -0.39 is 0 Å². The molecule has 0 radical (unpaired) electrons. The van der Waals surface area contributed by atoms with E-state index in [1.54, 1.807) is 7.05 Å². The van der Waals surface area contributed by atoms with E-state index in [0.717, 1.165) is 30.5 Å². The molecule has 3 N–H and O–H groups in total. The summed E-state index contributed by atoms with van der Waals surface area (Å²) in [6, 6.07) is 7.59. The normalized spacial score (nSPS) is 14.6. The first-order valence-electron chi connectivity index (χ1n) is 9.56. The highest BCUT2D eigenvalue weighted by Crippen LogP contribution is 2.28. The van der Waals surface area contributed by atoms with Crippen LogP contribution in [0.3, 0.4) is 0 Å². The monoisotopic (exact) mass is 472 g/mol. The summed E-state index contributed by atoms with van der Waals surface area (Å²) >= 11 is 0. The van der Waals surface area contributed by atoms with Gasteiger partial charge in [-0.3, -0.25) is 4.79 Å². The summed E-state index contributed by atoms with van der Waals surface area (Å²) in [5.74, 6) is 1.75. The molecule has 0 heterocycles. The van der Waals surface area contributed by atoms with Gasteiger partial charge in [0.25, 0.3) is 5.91 Å². The molecule has 1 aromatic rings. The van der Waals surface area contributed by atoms with Crippen LogP contribution in [0.25, 0.3) is 0 Å². The van der Waals surface area contributed by atoms with Crippen LogP contribution in [-0.4, -0.2) is 32.0 Å². The Balaban J connectivity index is 0.00000338. The number of nitrogens with zero attached hydrogens (tertiary/aromatic N) is 1. The lowest BCUT2D eigenvalue weighted by atomic mass is 10.0. The van der Waals surface area contributed by atoms with Crippen molar-refractivity contribution >= 4 is 35.8 Å². The van der Waals surface area contributed by atoms with Crippen LogP contribution >= 0.6 is 24.0 Å². The highest BCUT2D eigenvalue weighted by atomic mass is 127. The second-order valence-corrected chi connectivity index (χ2v) is 6.69. The third-order valence-electron chi connectivity index (χ3n) is 4.76. The van der Waals surface area contributed by atoms with Gasteiger partial charge in [0.05, 0.1) is 6.54 Å². The van der Waals surface area contributed by atoms with Crippen molar-refractivity contribution in [3.63, 3.8) is 0 Å². The van der Waals surface area contributed by atoms with E-state index in [4.69, 9.17) is 0 Å². The van der Waals surface area contributed by atoms with Gasteiger partial charge in [0.2, 0.25) is 0 Å². The Hall–Kier alpha value is -1.31. The van der Waals surface area contributed by atoms with E-state index in [0.29, 0.717) is 12.1 Å². The molecule has 2 rings (SSSR count). The Morgan fingerprint density at radius 2 is 1.85 bits per heavy atom. The Kier molecular flexibility index (Phi) is 11.3. The van der Waals surface area contributed by atoms with Crippen LogP contribution in [0.2, 0.25) is 0 Å². The van der Waals surface area contributed by atoms with Crippen molar-refractivity contribution in [1.82, 2.24) is 16.0 Å². The molecule has 1 aromatic carbocycles. The molecule has 0 spiro atoms. The molecule has 0 aromatic heterocycles. The molecule has 6 heteroatoms. The van der Waals surface area contributed by atoms with Gasteiger partial charge in [-0.05, 0) is 43.4 Å². The summed E-state index contributed by atoms with van der Waals surface area (Å²) in [7, 11) is 1.64. The summed E-state index contributed by atoms with van der Waals surface area (Å²) in [6.45, 7) is 4.50. The fourth-order valence-corrected chi connectivity index (χ4v) is 3.31. The molecule has 1 aliphatic carbocycles. The fraction of sp³-hybridized carbons (Fsp3) is 0.600. The van der Waals surface area contributed by atoms with E-state index in [9.17, 15) is 4.79 Å². The van der Waals surface area contributed by atoms with Crippen LogP contribution < -0.4 is 16.0 Å². The highest BCUT2D eigenvalue weighted by molar-refractivity contribution is 14.0. The number of rotatable bonds is 8. The number of aliphatic imine (C=N–C) groups is 1. The van der Waals surface area contributed by atoms with Gasteiger partial charge in [-0.25, -0.2) is 4.99 Å². The van der Waals surface area contributed by atoms with E-state index in [1.165, 1.54) is 38.5 Å². The maximum absolute atomic E-state index is 11.6. The quantitative estimate of drug-likeness (QED) is 0.234.